The Kier molecular flexibility index (Phi) is 5.04. The summed E-state index contributed by atoms with van der Waals surface area (Å²) in [6.45, 7) is 0. The van der Waals surface area contributed by atoms with Gasteiger partial charge in [-0.1, -0.05) is 23.7 Å². The van der Waals surface area contributed by atoms with Crippen molar-refractivity contribution in [2.75, 3.05) is 14.2 Å². The van der Waals surface area contributed by atoms with Gasteiger partial charge >= 0.3 is 0 Å². The van der Waals surface area contributed by atoms with Gasteiger partial charge in [-0.2, -0.15) is 0 Å². The number of hydrogen-bond acceptors (Lipinski definition) is 3. The zero-order valence-corrected chi connectivity index (χ0v) is 12.7. The van der Waals surface area contributed by atoms with Crippen LogP contribution in [-0.2, 0) is 6.42 Å². The van der Waals surface area contributed by atoms with E-state index in [1.54, 1.807) is 26.4 Å². The summed E-state index contributed by atoms with van der Waals surface area (Å²) in [7, 11) is 3.17. The molecule has 0 amide bonds. The molecule has 0 aliphatic carbocycles. The molecule has 0 saturated heterocycles. The molecule has 2 N–H and O–H groups in total. The minimum atomic E-state index is -0.362. The molecule has 0 aliphatic rings. The molecule has 5 heteroatoms. The van der Waals surface area contributed by atoms with Gasteiger partial charge in [-0.05, 0) is 30.2 Å². The highest BCUT2D eigenvalue weighted by atomic mass is 35.5. The Morgan fingerprint density at radius 1 is 1.14 bits per heavy atom. The second-order valence-electron chi connectivity index (χ2n) is 4.65. The van der Waals surface area contributed by atoms with Gasteiger partial charge in [0.15, 0.2) is 0 Å². The van der Waals surface area contributed by atoms with Crippen LogP contribution in [0.3, 0.4) is 0 Å². The van der Waals surface area contributed by atoms with Gasteiger partial charge in [0.05, 0.1) is 14.2 Å². The lowest BCUT2D eigenvalue weighted by Gasteiger charge is -2.17. The summed E-state index contributed by atoms with van der Waals surface area (Å²) in [5.74, 6) is 0.988. The normalized spacial score (nSPS) is 12.0. The van der Waals surface area contributed by atoms with Gasteiger partial charge in [0, 0.05) is 22.7 Å². The summed E-state index contributed by atoms with van der Waals surface area (Å²) in [5.41, 5.74) is 7.87. The highest BCUT2D eigenvalue weighted by Gasteiger charge is 2.15. The van der Waals surface area contributed by atoms with Crippen molar-refractivity contribution in [3.8, 4) is 11.5 Å². The maximum atomic E-state index is 13.1. The average molecular weight is 310 g/mol. The van der Waals surface area contributed by atoms with Crippen LogP contribution in [0.25, 0.3) is 0 Å². The van der Waals surface area contributed by atoms with E-state index >= 15 is 0 Å². The van der Waals surface area contributed by atoms with Crippen LogP contribution in [0.5, 0.6) is 11.5 Å². The molecule has 0 spiro atoms. The van der Waals surface area contributed by atoms with E-state index in [2.05, 4.69) is 0 Å². The molecule has 21 heavy (non-hydrogen) atoms. The van der Waals surface area contributed by atoms with E-state index in [0.29, 0.717) is 22.9 Å². The number of ether oxygens (including phenoxy) is 2. The van der Waals surface area contributed by atoms with E-state index in [4.69, 9.17) is 26.8 Å². The molecule has 0 bridgehead atoms. The topological polar surface area (TPSA) is 44.5 Å². The van der Waals surface area contributed by atoms with Crippen LogP contribution < -0.4 is 15.2 Å². The lowest BCUT2D eigenvalue weighted by Crippen LogP contribution is -2.15. The SMILES string of the molecule is COc1ccc(C(N)Cc2ccc(F)cc2Cl)c(OC)c1. The second kappa shape index (κ2) is 6.78. The third-order valence-corrected chi connectivity index (χ3v) is 3.65. The molecule has 2 aromatic rings. The van der Waals surface area contributed by atoms with Crippen molar-refractivity contribution >= 4 is 11.6 Å². The summed E-state index contributed by atoms with van der Waals surface area (Å²) in [6, 6.07) is 9.46. The largest absolute Gasteiger partial charge is 0.497 e. The predicted molar refractivity (Wildman–Crippen MR) is 81.6 cm³/mol. The molecule has 3 nitrogen and oxygen atoms in total. The average Bonchev–Trinajstić information content (AvgIpc) is 2.49. The van der Waals surface area contributed by atoms with E-state index < -0.39 is 0 Å². The quantitative estimate of drug-likeness (QED) is 0.915. The fourth-order valence-corrected chi connectivity index (χ4v) is 2.40. The molecule has 0 heterocycles. The molecule has 0 aromatic heterocycles. The minimum absolute atomic E-state index is 0.311. The number of methoxy groups -OCH3 is 2. The fraction of sp³-hybridized carbons (Fsp3) is 0.250. The van der Waals surface area contributed by atoms with E-state index in [0.717, 1.165) is 11.1 Å². The van der Waals surface area contributed by atoms with Crippen LogP contribution in [0.15, 0.2) is 36.4 Å². The minimum Gasteiger partial charge on any atom is -0.497 e. The van der Waals surface area contributed by atoms with Gasteiger partial charge in [0.1, 0.15) is 17.3 Å². The van der Waals surface area contributed by atoms with E-state index in [1.807, 2.05) is 12.1 Å². The Labute approximate surface area is 128 Å². The smallest absolute Gasteiger partial charge is 0.127 e. The Balaban J connectivity index is 2.25. The van der Waals surface area contributed by atoms with Gasteiger partial charge in [-0.15, -0.1) is 0 Å². The maximum Gasteiger partial charge on any atom is 0.127 e. The number of benzene rings is 2. The van der Waals surface area contributed by atoms with Crippen LogP contribution in [-0.4, -0.2) is 14.2 Å². The van der Waals surface area contributed by atoms with Gasteiger partial charge in [0.2, 0.25) is 0 Å². The number of halogens is 2. The fourth-order valence-electron chi connectivity index (χ4n) is 2.16. The molecule has 2 aromatic carbocycles. The van der Waals surface area contributed by atoms with Crippen molar-refractivity contribution in [1.29, 1.82) is 0 Å². The van der Waals surface area contributed by atoms with Crippen molar-refractivity contribution in [1.82, 2.24) is 0 Å². The molecule has 112 valence electrons. The van der Waals surface area contributed by atoms with Crippen molar-refractivity contribution < 1.29 is 13.9 Å². The summed E-state index contributed by atoms with van der Waals surface area (Å²) < 4.78 is 23.6. The Bertz CT molecular complexity index is 634. The Morgan fingerprint density at radius 2 is 1.90 bits per heavy atom. The standard InChI is InChI=1S/C16H17ClFNO2/c1-20-12-5-6-13(16(9-12)21-2)15(19)7-10-3-4-11(18)8-14(10)17/h3-6,8-9,15H,7,19H2,1-2H3. The lowest BCUT2D eigenvalue weighted by molar-refractivity contribution is 0.388. The Morgan fingerprint density at radius 3 is 2.52 bits per heavy atom. The van der Waals surface area contributed by atoms with E-state index in [-0.39, 0.29) is 11.9 Å². The molecule has 0 aliphatic heterocycles. The zero-order valence-electron chi connectivity index (χ0n) is 11.9. The summed E-state index contributed by atoms with van der Waals surface area (Å²) >= 11 is 6.04. The molecule has 1 unspecified atom stereocenters. The molecule has 0 fully saturated rings. The second-order valence-corrected chi connectivity index (χ2v) is 5.06. The van der Waals surface area contributed by atoms with Crippen LogP contribution >= 0.6 is 11.6 Å². The van der Waals surface area contributed by atoms with Crippen LogP contribution in [0.4, 0.5) is 4.39 Å². The molecule has 2 rings (SSSR count). The molecule has 0 saturated carbocycles. The first kappa shape index (κ1) is 15.6. The highest BCUT2D eigenvalue weighted by molar-refractivity contribution is 6.31. The number of rotatable bonds is 5. The van der Waals surface area contributed by atoms with Crippen molar-refractivity contribution in [2.45, 2.75) is 12.5 Å². The van der Waals surface area contributed by atoms with E-state index in [1.165, 1.54) is 12.1 Å². The van der Waals surface area contributed by atoms with Crippen molar-refractivity contribution in [2.24, 2.45) is 5.73 Å². The first-order chi connectivity index (χ1) is 10.0. The van der Waals surface area contributed by atoms with Crippen LogP contribution in [0, 0.1) is 5.82 Å². The van der Waals surface area contributed by atoms with Crippen molar-refractivity contribution in [3.05, 3.63) is 58.4 Å². The summed E-state index contributed by atoms with van der Waals surface area (Å²) in [4.78, 5) is 0. The van der Waals surface area contributed by atoms with Gasteiger partial charge in [0.25, 0.3) is 0 Å². The van der Waals surface area contributed by atoms with Crippen molar-refractivity contribution in [3.63, 3.8) is 0 Å². The highest BCUT2D eigenvalue weighted by Crippen LogP contribution is 2.31. The number of hydrogen-bond donors (Lipinski definition) is 1. The third kappa shape index (κ3) is 3.65. The molecule has 1 atom stereocenters. The molecule has 0 radical (unpaired) electrons. The van der Waals surface area contributed by atoms with Gasteiger partial charge < -0.3 is 15.2 Å². The van der Waals surface area contributed by atoms with Gasteiger partial charge in [-0.3, -0.25) is 0 Å². The first-order valence-electron chi connectivity index (χ1n) is 6.46. The zero-order chi connectivity index (χ0) is 15.4. The van der Waals surface area contributed by atoms with Crippen LogP contribution in [0.2, 0.25) is 5.02 Å². The molecular formula is C16H17ClFNO2. The van der Waals surface area contributed by atoms with Gasteiger partial charge in [-0.25, -0.2) is 4.39 Å². The summed E-state index contributed by atoms with van der Waals surface area (Å²) in [5, 5.41) is 0.373. The third-order valence-electron chi connectivity index (χ3n) is 3.30. The first-order valence-corrected chi connectivity index (χ1v) is 6.84. The monoisotopic (exact) mass is 309 g/mol. The summed E-state index contributed by atoms with van der Waals surface area (Å²) in [6.07, 6.45) is 0.488. The maximum absolute atomic E-state index is 13.1. The predicted octanol–water partition coefficient (Wildman–Crippen LogP) is 3.74. The Hall–Kier alpha value is -1.78. The molecular weight excluding hydrogens is 293 g/mol. The lowest BCUT2D eigenvalue weighted by atomic mass is 9.98. The number of nitrogens with two attached hydrogens (primary N) is 1. The van der Waals surface area contributed by atoms with E-state index in [9.17, 15) is 4.39 Å². The van der Waals surface area contributed by atoms with Crippen LogP contribution in [0.1, 0.15) is 17.2 Å².